The van der Waals surface area contributed by atoms with Crippen LogP contribution in [0.3, 0.4) is 0 Å². The first kappa shape index (κ1) is 20.9. The van der Waals surface area contributed by atoms with Crippen LogP contribution < -0.4 is 14.8 Å². The third-order valence-electron chi connectivity index (χ3n) is 5.05. The topological polar surface area (TPSA) is 30.5 Å². The van der Waals surface area contributed by atoms with E-state index in [1.165, 1.54) is 16.7 Å². The Hall–Kier alpha value is -2.78. The first-order chi connectivity index (χ1) is 14.3. The number of hydrogen-bond donors (Lipinski definition) is 1. The largest absolute Gasteiger partial charge is 0.493 e. The molecule has 0 fully saturated rings. The lowest BCUT2D eigenvalue weighted by atomic mass is 10.0. The molecule has 3 heteroatoms. The number of hydrogen-bond acceptors (Lipinski definition) is 3. The van der Waals surface area contributed by atoms with E-state index < -0.39 is 0 Å². The van der Waals surface area contributed by atoms with Crippen LogP contribution in [0.4, 0.5) is 0 Å². The second kappa shape index (κ2) is 11.3. The van der Waals surface area contributed by atoms with Crippen molar-refractivity contribution >= 4 is 0 Å². The van der Waals surface area contributed by atoms with Crippen molar-refractivity contribution in [1.82, 2.24) is 5.32 Å². The first-order valence-electron chi connectivity index (χ1n) is 10.4. The Labute approximate surface area is 174 Å². The highest BCUT2D eigenvalue weighted by molar-refractivity contribution is 5.43. The van der Waals surface area contributed by atoms with Crippen LogP contribution in [0.25, 0.3) is 0 Å². The molecule has 3 aromatic carbocycles. The SMILES string of the molecule is CCCC(NCc1ccc(OCCc2ccccc2)c(OC)c1)c1ccccc1. The van der Waals surface area contributed by atoms with Gasteiger partial charge in [-0.2, -0.15) is 0 Å². The molecule has 1 atom stereocenters. The molecule has 1 N–H and O–H groups in total. The van der Waals surface area contributed by atoms with Gasteiger partial charge in [0.2, 0.25) is 0 Å². The molecule has 0 amide bonds. The Kier molecular flexibility index (Phi) is 8.14. The fourth-order valence-electron chi connectivity index (χ4n) is 3.47. The van der Waals surface area contributed by atoms with Crippen molar-refractivity contribution in [2.45, 2.75) is 38.8 Å². The Bertz CT molecular complexity index is 849. The third-order valence-corrected chi connectivity index (χ3v) is 5.05. The maximum Gasteiger partial charge on any atom is 0.161 e. The lowest BCUT2D eigenvalue weighted by molar-refractivity contribution is 0.297. The van der Waals surface area contributed by atoms with Gasteiger partial charge in [0.05, 0.1) is 13.7 Å². The predicted octanol–water partition coefficient (Wildman–Crippen LogP) is 5.95. The summed E-state index contributed by atoms with van der Waals surface area (Å²) < 4.78 is 11.5. The van der Waals surface area contributed by atoms with Crippen molar-refractivity contribution in [3.63, 3.8) is 0 Å². The van der Waals surface area contributed by atoms with Crippen LogP contribution in [0.15, 0.2) is 78.9 Å². The summed E-state index contributed by atoms with van der Waals surface area (Å²) in [6.45, 7) is 3.65. The highest BCUT2D eigenvalue weighted by Gasteiger charge is 2.11. The average Bonchev–Trinajstić information content (AvgIpc) is 2.78. The highest BCUT2D eigenvalue weighted by Crippen LogP contribution is 2.29. The second-order valence-electron chi connectivity index (χ2n) is 7.20. The van der Waals surface area contributed by atoms with Crippen LogP contribution in [0.1, 0.15) is 42.5 Å². The molecule has 0 bridgehead atoms. The lowest BCUT2D eigenvalue weighted by Crippen LogP contribution is -2.20. The fourth-order valence-corrected chi connectivity index (χ4v) is 3.47. The van der Waals surface area contributed by atoms with Crippen LogP contribution in [0.2, 0.25) is 0 Å². The monoisotopic (exact) mass is 389 g/mol. The van der Waals surface area contributed by atoms with Gasteiger partial charge in [0.1, 0.15) is 0 Å². The van der Waals surface area contributed by atoms with Crippen molar-refractivity contribution in [1.29, 1.82) is 0 Å². The van der Waals surface area contributed by atoms with Crippen LogP contribution in [-0.2, 0) is 13.0 Å². The average molecular weight is 390 g/mol. The van der Waals surface area contributed by atoms with E-state index >= 15 is 0 Å². The molecule has 0 heterocycles. The molecule has 0 aliphatic carbocycles. The third kappa shape index (κ3) is 6.37. The Morgan fingerprint density at radius 1 is 0.828 bits per heavy atom. The first-order valence-corrected chi connectivity index (χ1v) is 10.4. The molecule has 29 heavy (non-hydrogen) atoms. The van der Waals surface area contributed by atoms with E-state index in [-0.39, 0.29) is 0 Å². The zero-order chi connectivity index (χ0) is 20.3. The van der Waals surface area contributed by atoms with Crippen LogP contribution >= 0.6 is 0 Å². The molecule has 3 aromatic rings. The summed E-state index contributed by atoms with van der Waals surface area (Å²) in [6, 6.07) is 27.6. The summed E-state index contributed by atoms with van der Waals surface area (Å²) in [6.07, 6.45) is 3.13. The maximum atomic E-state index is 5.98. The van der Waals surface area contributed by atoms with Crippen LogP contribution in [0, 0.1) is 0 Å². The minimum absolute atomic E-state index is 0.356. The molecule has 0 saturated heterocycles. The van der Waals surface area contributed by atoms with Gasteiger partial charge in [-0.3, -0.25) is 0 Å². The number of methoxy groups -OCH3 is 1. The number of rotatable bonds is 11. The summed E-state index contributed by atoms with van der Waals surface area (Å²) in [5.74, 6) is 1.57. The van der Waals surface area contributed by atoms with Crippen molar-refractivity contribution < 1.29 is 9.47 Å². The lowest BCUT2D eigenvalue weighted by Gasteiger charge is -2.19. The van der Waals surface area contributed by atoms with Gasteiger partial charge in [0.15, 0.2) is 11.5 Å². The van der Waals surface area contributed by atoms with Crippen LogP contribution in [-0.4, -0.2) is 13.7 Å². The van der Waals surface area contributed by atoms with Gasteiger partial charge in [-0.05, 0) is 35.2 Å². The Morgan fingerprint density at radius 3 is 2.24 bits per heavy atom. The molecule has 0 saturated carbocycles. The summed E-state index contributed by atoms with van der Waals surface area (Å²) in [5, 5.41) is 3.69. The van der Waals surface area contributed by atoms with E-state index in [9.17, 15) is 0 Å². The molecule has 3 rings (SSSR count). The van der Waals surface area contributed by atoms with E-state index in [4.69, 9.17) is 9.47 Å². The summed E-state index contributed by atoms with van der Waals surface area (Å²) in [4.78, 5) is 0. The van der Waals surface area contributed by atoms with E-state index in [0.717, 1.165) is 37.3 Å². The molecule has 1 unspecified atom stereocenters. The predicted molar refractivity (Wildman–Crippen MR) is 120 cm³/mol. The zero-order valence-electron chi connectivity index (χ0n) is 17.4. The number of nitrogens with one attached hydrogen (secondary N) is 1. The van der Waals surface area contributed by atoms with Crippen molar-refractivity contribution in [2.75, 3.05) is 13.7 Å². The number of ether oxygens (including phenoxy) is 2. The van der Waals surface area contributed by atoms with Gasteiger partial charge in [-0.15, -0.1) is 0 Å². The molecule has 0 aliphatic rings. The zero-order valence-corrected chi connectivity index (χ0v) is 17.4. The van der Waals surface area contributed by atoms with Gasteiger partial charge in [0.25, 0.3) is 0 Å². The molecule has 0 spiro atoms. The quantitative estimate of drug-likeness (QED) is 0.440. The van der Waals surface area contributed by atoms with Crippen molar-refractivity contribution in [3.8, 4) is 11.5 Å². The second-order valence-corrected chi connectivity index (χ2v) is 7.20. The highest BCUT2D eigenvalue weighted by atomic mass is 16.5. The normalized spacial score (nSPS) is 11.8. The standard InChI is InChI=1S/C26H31NO2/c1-3-10-24(23-13-8-5-9-14-23)27-20-22-15-16-25(26(19-22)28-2)29-18-17-21-11-6-4-7-12-21/h4-9,11-16,19,24,27H,3,10,17-18,20H2,1-2H3. The molecule has 3 nitrogen and oxygen atoms in total. The molecule has 0 radical (unpaired) electrons. The van der Waals surface area contributed by atoms with Crippen molar-refractivity contribution in [2.24, 2.45) is 0 Å². The maximum absolute atomic E-state index is 5.98. The van der Waals surface area contributed by atoms with Gasteiger partial charge < -0.3 is 14.8 Å². The molecule has 0 aliphatic heterocycles. The van der Waals surface area contributed by atoms with E-state index in [2.05, 4.69) is 79.0 Å². The minimum atomic E-state index is 0.356. The smallest absolute Gasteiger partial charge is 0.161 e. The van der Waals surface area contributed by atoms with Gasteiger partial charge in [-0.1, -0.05) is 80.1 Å². The molecular weight excluding hydrogens is 358 g/mol. The van der Waals surface area contributed by atoms with Gasteiger partial charge >= 0.3 is 0 Å². The van der Waals surface area contributed by atoms with E-state index in [1.54, 1.807) is 7.11 Å². The summed E-state index contributed by atoms with van der Waals surface area (Å²) in [7, 11) is 1.69. The molecule has 152 valence electrons. The van der Waals surface area contributed by atoms with Gasteiger partial charge in [-0.25, -0.2) is 0 Å². The fraction of sp³-hybridized carbons (Fsp3) is 0.308. The number of benzene rings is 3. The van der Waals surface area contributed by atoms with Crippen molar-refractivity contribution in [3.05, 3.63) is 95.6 Å². The van der Waals surface area contributed by atoms with E-state index in [0.29, 0.717) is 12.6 Å². The Morgan fingerprint density at radius 2 is 1.55 bits per heavy atom. The Balaban J connectivity index is 1.58. The molecule has 0 aromatic heterocycles. The summed E-state index contributed by atoms with van der Waals surface area (Å²) >= 11 is 0. The summed E-state index contributed by atoms with van der Waals surface area (Å²) in [5.41, 5.74) is 3.80. The minimum Gasteiger partial charge on any atom is -0.493 e. The van der Waals surface area contributed by atoms with Crippen LogP contribution in [0.5, 0.6) is 11.5 Å². The van der Waals surface area contributed by atoms with Gasteiger partial charge in [0, 0.05) is 19.0 Å². The van der Waals surface area contributed by atoms with E-state index in [1.807, 2.05) is 12.1 Å². The molecular formula is C26H31NO2.